The minimum Gasteiger partial charge on any atom is -0.384 e. The average molecular weight is 262 g/mol. The Morgan fingerprint density at radius 1 is 1.37 bits per heavy atom. The van der Waals surface area contributed by atoms with Crippen LogP contribution < -0.4 is 5.32 Å². The normalized spacial score (nSPS) is 19.6. The smallest absolute Gasteiger partial charge is 0.0506 e. The number of rotatable bonds is 6. The molecule has 0 spiro atoms. The molecule has 1 atom stereocenters. The predicted octanol–water partition coefficient (Wildman–Crippen LogP) is 2.77. The van der Waals surface area contributed by atoms with Gasteiger partial charge in [-0.25, -0.2) is 0 Å². The number of nitrogens with one attached hydrogen (secondary N) is 1. The van der Waals surface area contributed by atoms with Crippen LogP contribution in [0.25, 0.3) is 0 Å². The van der Waals surface area contributed by atoms with Crippen molar-refractivity contribution in [2.45, 2.75) is 19.8 Å². The highest BCUT2D eigenvalue weighted by atomic mass is 16.5. The molecule has 1 aromatic carbocycles. The molecule has 0 amide bonds. The van der Waals surface area contributed by atoms with Crippen molar-refractivity contribution in [3.63, 3.8) is 0 Å². The Labute approximate surface area is 116 Å². The van der Waals surface area contributed by atoms with Crippen LogP contribution in [0.15, 0.2) is 24.3 Å². The van der Waals surface area contributed by atoms with Gasteiger partial charge >= 0.3 is 0 Å². The van der Waals surface area contributed by atoms with E-state index in [0.717, 1.165) is 38.8 Å². The maximum atomic E-state index is 5.53. The Kier molecular flexibility index (Phi) is 5.67. The first kappa shape index (κ1) is 14.4. The molecule has 0 aromatic heterocycles. The number of benzene rings is 1. The van der Waals surface area contributed by atoms with E-state index in [1.807, 2.05) is 0 Å². The lowest BCUT2D eigenvalue weighted by Crippen LogP contribution is -2.33. The van der Waals surface area contributed by atoms with Crippen LogP contribution in [0.4, 0.5) is 5.69 Å². The molecule has 1 heterocycles. The summed E-state index contributed by atoms with van der Waals surface area (Å²) in [5.74, 6) is 0.720. The molecule has 19 heavy (non-hydrogen) atoms. The van der Waals surface area contributed by atoms with E-state index in [2.05, 4.69) is 48.5 Å². The number of likely N-dealkylation sites (N-methyl/N-ethyl adjacent to an activating group) is 1. The van der Waals surface area contributed by atoms with E-state index in [1.54, 1.807) is 0 Å². The lowest BCUT2D eigenvalue weighted by molar-refractivity contribution is 0.0425. The molecule has 1 fully saturated rings. The molecule has 1 aromatic rings. The molecule has 0 saturated carbocycles. The van der Waals surface area contributed by atoms with Crippen molar-refractivity contribution < 1.29 is 4.74 Å². The molecule has 1 aliphatic heterocycles. The summed E-state index contributed by atoms with van der Waals surface area (Å²) in [5.41, 5.74) is 2.56. The number of nitrogens with zero attached hydrogens (tertiary/aromatic N) is 1. The summed E-state index contributed by atoms with van der Waals surface area (Å²) >= 11 is 0. The summed E-state index contributed by atoms with van der Waals surface area (Å²) < 4.78 is 5.53. The molecule has 1 N–H and O–H groups in total. The van der Waals surface area contributed by atoms with Crippen LogP contribution in [0, 0.1) is 12.8 Å². The van der Waals surface area contributed by atoms with E-state index in [9.17, 15) is 0 Å². The molecule has 1 unspecified atom stereocenters. The van der Waals surface area contributed by atoms with E-state index >= 15 is 0 Å². The van der Waals surface area contributed by atoms with Crippen molar-refractivity contribution in [2.75, 3.05) is 45.2 Å². The van der Waals surface area contributed by atoms with E-state index in [1.165, 1.54) is 24.1 Å². The molecular weight excluding hydrogens is 236 g/mol. The summed E-state index contributed by atoms with van der Waals surface area (Å²) in [5, 5.41) is 3.51. The van der Waals surface area contributed by atoms with Gasteiger partial charge in [0.05, 0.1) is 6.61 Å². The number of anilines is 1. The highest BCUT2D eigenvalue weighted by molar-refractivity contribution is 5.50. The van der Waals surface area contributed by atoms with Crippen molar-refractivity contribution >= 4 is 5.69 Å². The summed E-state index contributed by atoms with van der Waals surface area (Å²) in [4.78, 5) is 2.41. The van der Waals surface area contributed by atoms with Gasteiger partial charge in [-0.3, -0.25) is 0 Å². The number of aryl methyl sites for hydroxylation is 1. The Balaban J connectivity index is 1.66. The largest absolute Gasteiger partial charge is 0.384 e. The minimum absolute atomic E-state index is 0.720. The van der Waals surface area contributed by atoms with Crippen LogP contribution in [0.3, 0.4) is 0 Å². The highest BCUT2D eigenvalue weighted by Crippen LogP contribution is 2.15. The first-order chi connectivity index (χ1) is 9.25. The van der Waals surface area contributed by atoms with Crippen LogP contribution in [0.5, 0.6) is 0 Å². The fraction of sp³-hybridized carbons (Fsp3) is 0.625. The number of ether oxygens (including phenoxy) is 1. The summed E-state index contributed by atoms with van der Waals surface area (Å²) in [7, 11) is 2.20. The maximum absolute atomic E-state index is 5.53. The van der Waals surface area contributed by atoms with Crippen LogP contribution in [0.2, 0.25) is 0 Å². The molecule has 0 radical (unpaired) electrons. The van der Waals surface area contributed by atoms with Gasteiger partial charge in [0.15, 0.2) is 0 Å². The first-order valence-electron chi connectivity index (χ1n) is 7.31. The van der Waals surface area contributed by atoms with Crippen molar-refractivity contribution in [1.29, 1.82) is 0 Å². The van der Waals surface area contributed by atoms with E-state index in [-0.39, 0.29) is 0 Å². The fourth-order valence-corrected chi connectivity index (χ4v) is 2.64. The lowest BCUT2D eigenvalue weighted by atomic mass is 10.0. The molecule has 0 aliphatic carbocycles. The number of hydrogen-bond donors (Lipinski definition) is 1. The Bertz CT molecular complexity index is 375. The quantitative estimate of drug-likeness (QED) is 0.853. The number of hydrogen-bond acceptors (Lipinski definition) is 3. The molecule has 3 heteroatoms. The van der Waals surface area contributed by atoms with Crippen molar-refractivity contribution in [2.24, 2.45) is 5.92 Å². The minimum atomic E-state index is 0.720. The van der Waals surface area contributed by atoms with E-state index in [0.29, 0.717) is 0 Å². The fourth-order valence-electron chi connectivity index (χ4n) is 2.64. The third kappa shape index (κ3) is 4.84. The van der Waals surface area contributed by atoms with Gasteiger partial charge in [0.1, 0.15) is 0 Å². The predicted molar refractivity (Wildman–Crippen MR) is 80.7 cm³/mol. The molecule has 2 rings (SSSR count). The van der Waals surface area contributed by atoms with Gasteiger partial charge in [0.25, 0.3) is 0 Å². The SMILES string of the molecule is Cc1ccccc1NCCN(C)CC1CCCOC1. The molecule has 3 nitrogen and oxygen atoms in total. The second kappa shape index (κ2) is 7.51. The second-order valence-electron chi connectivity index (χ2n) is 5.59. The van der Waals surface area contributed by atoms with Gasteiger partial charge in [-0.05, 0) is 44.4 Å². The third-order valence-corrected chi connectivity index (χ3v) is 3.78. The average Bonchev–Trinajstić information content (AvgIpc) is 2.42. The summed E-state index contributed by atoms with van der Waals surface area (Å²) in [6.07, 6.45) is 2.54. The topological polar surface area (TPSA) is 24.5 Å². The molecule has 0 bridgehead atoms. The van der Waals surface area contributed by atoms with Gasteiger partial charge in [-0.2, -0.15) is 0 Å². The van der Waals surface area contributed by atoms with Crippen molar-refractivity contribution in [1.82, 2.24) is 4.90 Å². The zero-order chi connectivity index (χ0) is 13.5. The molecular formula is C16H26N2O. The summed E-state index contributed by atoms with van der Waals surface area (Å²) in [6, 6.07) is 8.45. The zero-order valence-corrected chi connectivity index (χ0v) is 12.2. The molecule has 106 valence electrons. The Hall–Kier alpha value is -1.06. The van der Waals surface area contributed by atoms with E-state index < -0.39 is 0 Å². The Morgan fingerprint density at radius 2 is 2.21 bits per heavy atom. The number of para-hydroxylation sites is 1. The lowest BCUT2D eigenvalue weighted by Gasteiger charge is -2.27. The molecule has 1 saturated heterocycles. The maximum Gasteiger partial charge on any atom is 0.0506 e. The van der Waals surface area contributed by atoms with Gasteiger partial charge in [-0.1, -0.05) is 18.2 Å². The highest BCUT2D eigenvalue weighted by Gasteiger charge is 2.15. The van der Waals surface area contributed by atoms with Gasteiger partial charge < -0.3 is 15.0 Å². The van der Waals surface area contributed by atoms with Gasteiger partial charge in [-0.15, -0.1) is 0 Å². The van der Waals surface area contributed by atoms with Gasteiger partial charge in [0, 0.05) is 31.9 Å². The van der Waals surface area contributed by atoms with Crippen molar-refractivity contribution in [3.05, 3.63) is 29.8 Å². The van der Waals surface area contributed by atoms with Crippen LogP contribution in [-0.4, -0.2) is 44.8 Å². The third-order valence-electron chi connectivity index (χ3n) is 3.78. The van der Waals surface area contributed by atoms with Crippen LogP contribution >= 0.6 is 0 Å². The van der Waals surface area contributed by atoms with Crippen LogP contribution in [-0.2, 0) is 4.74 Å². The van der Waals surface area contributed by atoms with Gasteiger partial charge in [0.2, 0.25) is 0 Å². The van der Waals surface area contributed by atoms with E-state index in [4.69, 9.17) is 4.74 Å². The Morgan fingerprint density at radius 3 is 2.95 bits per heavy atom. The summed E-state index contributed by atoms with van der Waals surface area (Å²) in [6.45, 7) is 7.26. The first-order valence-corrected chi connectivity index (χ1v) is 7.31. The van der Waals surface area contributed by atoms with Crippen LogP contribution in [0.1, 0.15) is 18.4 Å². The van der Waals surface area contributed by atoms with Crippen molar-refractivity contribution in [3.8, 4) is 0 Å². The molecule has 1 aliphatic rings. The zero-order valence-electron chi connectivity index (χ0n) is 12.2. The standard InChI is InChI=1S/C16H26N2O/c1-14-6-3-4-8-16(14)17-9-10-18(2)12-15-7-5-11-19-13-15/h3-4,6,8,15,17H,5,7,9-13H2,1-2H3. The second-order valence-corrected chi connectivity index (χ2v) is 5.59. The monoisotopic (exact) mass is 262 g/mol.